The highest BCUT2D eigenvalue weighted by Gasteiger charge is 2.43. The highest BCUT2D eigenvalue weighted by atomic mass is 16.4. The number of piperazine rings is 1. The third-order valence-corrected chi connectivity index (χ3v) is 3.46. The molecule has 1 aliphatic rings. The van der Waals surface area contributed by atoms with Gasteiger partial charge in [-0.15, -0.1) is 0 Å². The van der Waals surface area contributed by atoms with E-state index in [1.54, 1.807) is 20.8 Å². The van der Waals surface area contributed by atoms with E-state index >= 15 is 0 Å². The van der Waals surface area contributed by atoms with Gasteiger partial charge in [0, 0.05) is 0 Å². The topological polar surface area (TPSA) is 75.4 Å². The average Bonchev–Trinajstić information content (AvgIpc) is 2.61. The molecule has 6 nitrogen and oxygen atoms in total. The van der Waals surface area contributed by atoms with Crippen molar-refractivity contribution in [2.24, 2.45) is 0 Å². The number of hydrogen-bond donors (Lipinski definition) is 1. The van der Waals surface area contributed by atoms with E-state index in [1.807, 2.05) is 13.8 Å². The van der Waals surface area contributed by atoms with Crippen LogP contribution in [-0.4, -0.2) is 33.3 Å². The van der Waals surface area contributed by atoms with Gasteiger partial charge < -0.3 is 14.6 Å². The zero-order valence-electron chi connectivity index (χ0n) is 11.9. The monoisotopic (exact) mass is 265 g/mol. The lowest BCUT2D eigenvalue weighted by Crippen LogP contribution is -2.66. The fraction of sp³-hybridized carbons (Fsp3) is 0.615. The lowest BCUT2D eigenvalue weighted by molar-refractivity contribution is -0.153. The van der Waals surface area contributed by atoms with Gasteiger partial charge in [-0.3, -0.25) is 9.59 Å². The van der Waals surface area contributed by atoms with E-state index in [4.69, 9.17) is 4.42 Å². The second-order valence-corrected chi connectivity index (χ2v) is 5.47. The highest BCUT2D eigenvalue weighted by Crippen LogP contribution is 2.21. The number of oxazole rings is 1. The van der Waals surface area contributed by atoms with Gasteiger partial charge in [0.2, 0.25) is 17.7 Å². The molecule has 2 heterocycles. The van der Waals surface area contributed by atoms with Crippen LogP contribution >= 0.6 is 0 Å². The predicted octanol–water partition coefficient (Wildman–Crippen LogP) is 0.917. The number of amides is 2. The molecule has 1 fully saturated rings. The minimum Gasteiger partial charge on any atom is -0.444 e. The van der Waals surface area contributed by atoms with E-state index in [9.17, 15) is 9.59 Å². The van der Waals surface area contributed by atoms with Crippen LogP contribution in [0.3, 0.4) is 0 Å². The van der Waals surface area contributed by atoms with Gasteiger partial charge in [0.05, 0.1) is 12.2 Å². The van der Waals surface area contributed by atoms with Crippen LogP contribution < -0.4 is 5.32 Å². The molecule has 0 bridgehead atoms. The van der Waals surface area contributed by atoms with Crippen LogP contribution in [0.2, 0.25) is 0 Å². The molecule has 2 rings (SSSR count). The van der Waals surface area contributed by atoms with E-state index in [1.165, 1.54) is 4.90 Å². The summed E-state index contributed by atoms with van der Waals surface area (Å²) >= 11 is 0. The second kappa shape index (κ2) is 4.36. The molecular weight excluding hydrogens is 246 g/mol. The number of aryl methyl sites for hydroxylation is 2. The van der Waals surface area contributed by atoms with Gasteiger partial charge in [-0.1, -0.05) is 0 Å². The number of carbonyl (C=O) groups excluding carboxylic acids is 2. The molecule has 0 aliphatic carbocycles. The molecule has 1 aliphatic heterocycles. The third-order valence-electron chi connectivity index (χ3n) is 3.46. The summed E-state index contributed by atoms with van der Waals surface area (Å²) < 4.78 is 5.48. The first-order valence-electron chi connectivity index (χ1n) is 6.28. The number of rotatable bonds is 2. The average molecular weight is 265 g/mol. The Bertz CT molecular complexity index is 514. The Morgan fingerprint density at radius 1 is 1.37 bits per heavy atom. The molecule has 104 valence electrons. The van der Waals surface area contributed by atoms with Crippen LogP contribution in [0.4, 0.5) is 0 Å². The molecule has 19 heavy (non-hydrogen) atoms. The van der Waals surface area contributed by atoms with Crippen LogP contribution in [0.25, 0.3) is 0 Å². The van der Waals surface area contributed by atoms with E-state index in [2.05, 4.69) is 10.3 Å². The highest BCUT2D eigenvalue weighted by molar-refractivity contribution is 5.98. The summed E-state index contributed by atoms with van der Waals surface area (Å²) in [5.41, 5.74) is -0.0869. The molecule has 1 atom stereocenters. The summed E-state index contributed by atoms with van der Waals surface area (Å²) in [5, 5.41) is 2.71. The Morgan fingerprint density at radius 2 is 2.00 bits per heavy atom. The minimum absolute atomic E-state index is 0.131. The first kappa shape index (κ1) is 13.6. The molecule has 1 aromatic rings. The molecule has 1 N–H and O–H groups in total. The smallest absolute Gasteiger partial charge is 0.248 e. The van der Waals surface area contributed by atoms with Crippen molar-refractivity contribution in [1.82, 2.24) is 15.2 Å². The summed E-state index contributed by atoms with van der Waals surface area (Å²) in [6.07, 6.45) is 0. The van der Waals surface area contributed by atoms with Gasteiger partial charge in [-0.25, -0.2) is 4.98 Å². The predicted molar refractivity (Wildman–Crippen MR) is 68.2 cm³/mol. The van der Waals surface area contributed by atoms with E-state index in [0.717, 1.165) is 11.5 Å². The number of hydrogen-bond acceptors (Lipinski definition) is 4. The molecule has 1 saturated heterocycles. The maximum atomic E-state index is 12.3. The molecule has 1 aromatic heterocycles. The van der Waals surface area contributed by atoms with Crippen LogP contribution in [0.5, 0.6) is 0 Å². The number of aromatic nitrogens is 1. The fourth-order valence-electron chi connectivity index (χ4n) is 2.10. The molecular formula is C13H19N3O3. The van der Waals surface area contributed by atoms with Gasteiger partial charge in [0.1, 0.15) is 17.3 Å². The van der Waals surface area contributed by atoms with Crippen molar-refractivity contribution in [2.45, 2.75) is 52.7 Å². The number of nitrogens with one attached hydrogen (secondary N) is 1. The first-order valence-corrected chi connectivity index (χ1v) is 6.28. The standard InChI is InChI=1S/C13H19N3O3/c1-7-9(3)19-10(14-7)6-16-8(2)11(17)15-13(4,5)12(16)18/h8H,6H2,1-5H3,(H,15,17). The Kier molecular flexibility index (Phi) is 3.12. The maximum absolute atomic E-state index is 12.3. The van der Waals surface area contributed by atoms with Crippen molar-refractivity contribution >= 4 is 11.8 Å². The van der Waals surface area contributed by atoms with Crippen molar-refractivity contribution in [3.05, 3.63) is 17.3 Å². The Morgan fingerprint density at radius 3 is 2.53 bits per heavy atom. The summed E-state index contributed by atoms with van der Waals surface area (Å²) in [7, 11) is 0. The normalized spacial score (nSPS) is 22.6. The fourth-order valence-corrected chi connectivity index (χ4v) is 2.10. The minimum atomic E-state index is -0.889. The van der Waals surface area contributed by atoms with Crippen LogP contribution in [-0.2, 0) is 16.1 Å². The molecule has 0 radical (unpaired) electrons. The lowest BCUT2D eigenvalue weighted by Gasteiger charge is -2.40. The number of carbonyl (C=O) groups is 2. The quantitative estimate of drug-likeness (QED) is 0.862. The molecule has 1 unspecified atom stereocenters. The van der Waals surface area contributed by atoms with Crippen molar-refractivity contribution < 1.29 is 14.0 Å². The second-order valence-electron chi connectivity index (χ2n) is 5.47. The summed E-state index contributed by atoms with van der Waals surface area (Å²) in [6.45, 7) is 8.97. The Balaban J connectivity index is 2.26. The molecule has 6 heteroatoms. The summed E-state index contributed by atoms with van der Waals surface area (Å²) in [5.74, 6) is 0.897. The van der Waals surface area contributed by atoms with Crippen molar-refractivity contribution in [3.8, 4) is 0 Å². The number of nitrogens with zero attached hydrogens (tertiary/aromatic N) is 2. The van der Waals surface area contributed by atoms with E-state index < -0.39 is 11.6 Å². The van der Waals surface area contributed by atoms with Gasteiger partial charge in [-0.2, -0.15) is 0 Å². The van der Waals surface area contributed by atoms with Crippen molar-refractivity contribution in [2.75, 3.05) is 0 Å². The van der Waals surface area contributed by atoms with Crippen LogP contribution in [0.1, 0.15) is 38.1 Å². The van der Waals surface area contributed by atoms with Crippen molar-refractivity contribution in [3.63, 3.8) is 0 Å². The van der Waals surface area contributed by atoms with Gasteiger partial charge in [0.15, 0.2) is 0 Å². The molecule has 0 aromatic carbocycles. The Hall–Kier alpha value is -1.85. The van der Waals surface area contributed by atoms with Crippen LogP contribution in [0.15, 0.2) is 4.42 Å². The first-order chi connectivity index (χ1) is 8.72. The van der Waals surface area contributed by atoms with Crippen molar-refractivity contribution in [1.29, 1.82) is 0 Å². The van der Waals surface area contributed by atoms with E-state index in [-0.39, 0.29) is 18.4 Å². The zero-order chi connectivity index (χ0) is 14.4. The summed E-state index contributed by atoms with van der Waals surface area (Å²) in [4.78, 5) is 30.0. The zero-order valence-corrected chi connectivity index (χ0v) is 11.9. The maximum Gasteiger partial charge on any atom is 0.248 e. The molecule has 0 spiro atoms. The SMILES string of the molecule is Cc1nc(CN2C(=O)C(C)(C)NC(=O)C2C)oc1C. The molecule has 2 amide bonds. The van der Waals surface area contributed by atoms with E-state index in [0.29, 0.717) is 5.89 Å². The van der Waals surface area contributed by atoms with Gasteiger partial charge >= 0.3 is 0 Å². The van der Waals surface area contributed by atoms with Gasteiger partial charge in [-0.05, 0) is 34.6 Å². The van der Waals surface area contributed by atoms with Crippen LogP contribution in [0, 0.1) is 13.8 Å². The largest absolute Gasteiger partial charge is 0.444 e. The lowest BCUT2D eigenvalue weighted by atomic mass is 9.97. The Labute approximate surface area is 112 Å². The van der Waals surface area contributed by atoms with Gasteiger partial charge in [0.25, 0.3) is 0 Å². The third kappa shape index (κ3) is 2.34. The summed E-state index contributed by atoms with van der Waals surface area (Å²) in [6, 6.07) is -0.520. The molecule has 0 saturated carbocycles.